The van der Waals surface area contributed by atoms with Gasteiger partial charge in [0.1, 0.15) is 6.10 Å². The van der Waals surface area contributed by atoms with Crippen molar-refractivity contribution in [3.8, 4) is 0 Å². The maximum absolute atomic E-state index is 9.58. The zero-order valence-electron chi connectivity index (χ0n) is 7.75. The second-order valence-corrected chi connectivity index (χ2v) is 3.40. The van der Waals surface area contributed by atoms with Crippen molar-refractivity contribution in [2.45, 2.75) is 13.0 Å². The molecule has 2 nitrogen and oxygen atoms in total. The van der Waals surface area contributed by atoms with Crippen LogP contribution in [-0.2, 0) is 4.74 Å². The van der Waals surface area contributed by atoms with Gasteiger partial charge in [-0.3, -0.25) is 0 Å². The summed E-state index contributed by atoms with van der Waals surface area (Å²) in [5.41, 5.74) is 1.80. The van der Waals surface area contributed by atoms with Crippen molar-refractivity contribution in [2.75, 3.05) is 13.7 Å². The molecule has 0 amide bonds. The van der Waals surface area contributed by atoms with Gasteiger partial charge in [0.05, 0.1) is 6.61 Å². The zero-order chi connectivity index (χ0) is 9.84. The van der Waals surface area contributed by atoms with Crippen LogP contribution in [0, 0.1) is 6.92 Å². The van der Waals surface area contributed by atoms with Gasteiger partial charge in [-0.25, -0.2) is 0 Å². The molecule has 0 saturated carbocycles. The molecule has 0 aliphatic rings. The molecule has 0 heterocycles. The molecule has 13 heavy (non-hydrogen) atoms. The van der Waals surface area contributed by atoms with E-state index in [1.165, 1.54) is 0 Å². The van der Waals surface area contributed by atoms with Gasteiger partial charge in [-0.2, -0.15) is 0 Å². The first-order valence-corrected chi connectivity index (χ1v) is 4.46. The number of aryl methyl sites for hydroxylation is 1. The number of ether oxygens (including phenoxy) is 1. The van der Waals surface area contributed by atoms with Crippen LogP contribution in [0.3, 0.4) is 0 Å². The number of methoxy groups -OCH3 is 1. The number of aliphatic hydroxyl groups excluding tert-OH is 1. The van der Waals surface area contributed by atoms with Crippen LogP contribution >= 0.6 is 11.6 Å². The first-order valence-electron chi connectivity index (χ1n) is 4.08. The maximum Gasteiger partial charge on any atom is 0.104 e. The van der Waals surface area contributed by atoms with E-state index in [1.54, 1.807) is 7.11 Å². The van der Waals surface area contributed by atoms with Crippen molar-refractivity contribution in [1.82, 2.24) is 0 Å². The van der Waals surface area contributed by atoms with Crippen LogP contribution in [0.4, 0.5) is 0 Å². The lowest BCUT2D eigenvalue weighted by atomic mass is 10.1. The van der Waals surface area contributed by atoms with Gasteiger partial charge in [0.25, 0.3) is 0 Å². The second kappa shape index (κ2) is 4.61. The molecule has 0 aromatic heterocycles. The van der Waals surface area contributed by atoms with E-state index in [2.05, 4.69) is 0 Å². The molecule has 0 aliphatic heterocycles. The zero-order valence-corrected chi connectivity index (χ0v) is 8.51. The van der Waals surface area contributed by atoms with Gasteiger partial charge >= 0.3 is 0 Å². The van der Waals surface area contributed by atoms with Gasteiger partial charge in [0.2, 0.25) is 0 Å². The van der Waals surface area contributed by atoms with E-state index in [0.29, 0.717) is 10.6 Å². The Balaban J connectivity index is 2.88. The molecule has 1 unspecified atom stereocenters. The summed E-state index contributed by atoms with van der Waals surface area (Å²) in [6.07, 6.45) is -0.641. The third kappa shape index (κ3) is 2.69. The molecule has 1 aromatic rings. The molecular formula is C10H13ClO2. The fourth-order valence-electron chi connectivity index (χ4n) is 1.15. The van der Waals surface area contributed by atoms with Crippen molar-refractivity contribution in [1.29, 1.82) is 0 Å². The lowest BCUT2D eigenvalue weighted by Gasteiger charge is -2.11. The smallest absolute Gasteiger partial charge is 0.104 e. The second-order valence-electron chi connectivity index (χ2n) is 3.00. The minimum absolute atomic E-state index is 0.267. The quantitative estimate of drug-likeness (QED) is 0.812. The normalized spacial score (nSPS) is 12.9. The van der Waals surface area contributed by atoms with E-state index in [9.17, 15) is 5.11 Å². The molecular weight excluding hydrogens is 188 g/mol. The van der Waals surface area contributed by atoms with E-state index < -0.39 is 6.10 Å². The molecule has 1 atom stereocenters. The molecule has 0 fully saturated rings. The number of benzene rings is 1. The number of hydrogen-bond donors (Lipinski definition) is 1. The predicted molar refractivity (Wildman–Crippen MR) is 53.0 cm³/mol. The Bertz CT molecular complexity index is 286. The average Bonchev–Trinajstić information content (AvgIpc) is 2.04. The van der Waals surface area contributed by atoms with Gasteiger partial charge in [0, 0.05) is 17.7 Å². The van der Waals surface area contributed by atoms with Gasteiger partial charge in [-0.15, -0.1) is 0 Å². The van der Waals surface area contributed by atoms with E-state index in [-0.39, 0.29) is 6.61 Å². The van der Waals surface area contributed by atoms with E-state index in [4.69, 9.17) is 16.3 Å². The molecule has 1 N–H and O–H groups in total. The third-order valence-electron chi connectivity index (χ3n) is 1.84. The van der Waals surface area contributed by atoms with Crippen LogP contribution in [0.5, 0.6) is 0 Å². The van der Waals surface area contributed by atoms with Crippen LogP contribution in [0.2, 0.25) is 5.02 Å². The summed E-state index contributed by atoms with van der Waals surface area (Å²) in [7, 11) is 1.55. The lowest BCUT2D eigenvalue weighted by molar-refractivity contribution is 0.0644. The standard InChI is InChI=1S/C10H13ClO2/c1-7-3-4-8(9(11)5-7)10(12)6-13-2/h3-5,10,12H,6H2,1-2H3. The van der Waals surface area contributed by atoms with Crippen molar-refractivity contribution < 1.29 is 9.84 Å². The highest BCUT2D eigenvalue weighted by molar-refractivity contribution is 6.31. The van der Waals surface area contributed by atoms with E-state index >= 15 is 0 Å². The summed E-state index contributed by atoms with van der Waals surface area (Å²) in [5.74, 6) is 0. The molecule has 0 bridgehead atoms. The van der Waals surface area contributed by atoms with Gasteiger partial charge in [-0.05, 0) is 18.6 Å². The summed E-state index contributed by atoms with van der Waals surface area (Å²) >= 11 is 5.94. The number of aliphatic hydroxyl groups is 1. The molecule has 1 rings (SSSR count). The highest BCUT2D eigenvalue weighted by atomic mass is 35.5. The summed E-state index contributed by atoms with van der Waals surface area (Å²) in [6, 6.07) is 5.57. The van der Waals surface area contributed by atoms with Crippen molar-refractivity contribution >= 4 is 11.6 Å². The Labute approximate surface area is 83.1 Å². The van der Waals surface area contributed by atoms with Crippen molar-refractivity contribution in [3.05, 3.63) is 34.3 Å². The van der Waals surface area contributed by atoms with Crippen LogP contribution in [0.1, 0.15) is 17.2 Å². The minimum Gasteiger partial charge on any atom is -0.386 e. The minimum atomic E-state index is -0.641. The Hall–Kier alpha value is -0.570. The topological polar surface area (TPSA) is 29.5 Å². The molecule has 1 aromatic carbocycles. The summed E-state index contributed by atoms with van der Waals surface area (Å²) in [4.78, 5) is 0. The maximum atomic E-state index is 9.58. The molecule has 72 valence electrons. The predicted octanol–water partition coefficient (Wildman–Crippen LogP) is 2.33. The highest BCUT2D eigenvalue weighted by Gasteiger charge is 2.10. The Morgan fingerprint density at radius 1 is 1.54 bits per heavy atom. The average molecular weight is 201 g/mol. The number of rotatable bonds is 3. The Kier molecular flexibility index (Phi) is 3.72. The summed E-state index contributed by atoms with van der Waals surface area (Å²) in [5, 5.41) is 10.2. The van der Waals surface area contributed by atoms with Gasteiger partial charge in [0.15, 0.2) is 0 Å². The first-order chi connectivity index (χ1) is 6.15. The highest BCUT2D eigenvalue weighted by Crippen LogP contribution is 2.23. The molecule has 0 aliphatic carbocycles. The molecule has 0 saturated heterocycles. The lowest BCUT2D eigenvalue weighted by Crippen LogP contribution is -2.05. The fourth-order valence-corrected chi connectivity index (χ4v) is 1.51. The Morgan fingerprint density at radius 2 is 2.23 bits per heavy atom. The molecule has 3 heteroatoms. The van der Waals surface area contributed by atoms with Gasteiger partial charge in [-0.1, -0.05) is 23.7 Å². The molecule has 0 radical (unpaired) electrons. The van der Waals surface area contributed by atoms with Crippen LogP contribution in [0.25, 0.3) is 0 Å². The van der Waals surface area contributed by atoms with E-state index in [1.807, 2.05) is 25.1 Å². The monoisotopic (exact) mass is 200 g/mol. The molecule has 0 spiro atoms. The third-order valence-corrected chi connectivity index (χ3v) is 2.17. The van der Waals surface area contributed by atoms with Crippen molar-refractivity contribution in [2.24, 2.45) is 0 Å². The van der Waals surface area contributed by atoms with Crippen LogP contribution in [-0.4, -0.2) is 18.8 Å². The van der Waals surface area contributed by atoms with Crippen molar-refractivity contribution in [3.63, 3.8) is 0 Å². The Morgan fingerprint density at radius 3 is 2.77 bits per heavy atom. The summed E-state index contributed by atoms with van der Waals surface area (Å²) < 4.78 is 4.83. The van der Waals surface area contributed by atoms with Crippen LogP contribution in [0.15, 0.2) is 18.2 Å². The fraction of sp³-hybridized carbons (Fsp3) is 0.400. The first kappa shape index (κ1) is 10.5. The number of hydrogen-bond acceptors (Lipinski definition) is 2. The largest absolute Gasteiger partial charge is 0.386 e. The van der Waals surface area contributed by atoms with Crippen LogP contribution < -0.4 is 0 Å². The number of halogens is 1. The SMILES string of the molecule is COCC(O)c1ccc(C)cc1Cl. The van der Waals surface area contributed by atoms with Gasteiger partial charge < -0.3 is 9.84 Å². The summed E-state index contributed by atoms with van der Waals surface area (Å²) in [6.45, 7) is 2.22. The van der Waals surface area contributed by atoms with E-state index in [0.717, 1.165) is 5.56 Å².